The van der Waals surface area contributed by atoms with E-state index < -0.39 is 0 Å². The minimum atomic E-state index is -0.295. The summed E-state index contributed by atoms with van der Waals surface area (Å²) in [5.41, 5.74) is 3.47. The monoisotopic (exact) mass is 393 g/mol. The summed E-state index contributed by atoms with van der Waals surface area (Å²) in [7, 11) is 0. The van der Waals surface area contributed by atoms with Crippen LogP contribution in [-0.4, -0.2) is 27.8 Å². The van der Waals surface area contributed by atoms with Gasteiger partial charge in [-0.25, -0.2) is 9.97 Å². The van der Waals surface area contributed by atoms with Gasteiger partial charge in [-0.2, -0.15) is 0 Å². The van der Waals surface area contributed by atoms with Crippen molar-refractivity contribution in [3.05, 3.63) is 53.7 Å². The first-order valence-corrected chi connectivity index (χ1v) is 9.78. The summed E-state index contributed by atoms with van der Waals surface area (Å²) >= 11 is 1.41. The van der Waals surface area contributed by atoms with E-state index in [9.17, 15) is 9.59 Å². The molecular weight excluding hydrogens is 374 g/mol. The van der Waals surface area contributed by atoms with Gasteiger partial charge in [0.1, 0.15) is 6.33 Å². The van der Waals surface area contributed by atoms with Crippen molar-refractivity contribution >= 4 is 50.6 Å². The molecule has 1 fully saturated rings. The van der Waals surface area contributed by atoms with Gasteiger partial charge in [-0.05, 0) is 37.5 Å². The molecule has 0 saturated heterocycles. The molecule has 2 amide bonds. The average molecular weight is 393 g/mol. The Morgan fingerprint density at radius 3 is 2.86 bits per heavy atom. The second-order valence-corrected chi connectivity index (χ2v) is 7.49. The Morgan fingerprint density at radius 1 is 1.29 bits per heavy atom. The van der Waals surface area contributed by atoms with Gasteiger partial charge in [0.15, 0.2) is 5.82 Å². The average Bonchev–Trinajstić information content (AvgIpc) is 3.39. The van der Waals surface area contributed by atoms with Gasteiger partial charge in [0, 0.05) is 11.4 Å². The fourth-order valence-electron chi connectivity index (χ4n) is 2.83. The largest absolute Gasteiger partial charge is 0.349 e. The van der Waals surface area contributed by atoms with Gasteiger partial charge < -0.3 is 16.0 Å². The molecule has 7 nitrogen and oxygen atoms in total. The summed E-state index contributed by atoms with van der Waals surface area (Å²) in [6.45, 7) is 5.43. The molecule has 0 spiro atoms. The lowest BCUT2D eigenvalue weighted by atomic mass is 10.1. The van der Waals surface area contributed by atoms with Gasteiger partial charge in [-0.15, -0.1) is 11.3 Å². The molecule has 2 aromatic heterocycles. The molecule has 1 aliphatic rings. The molecule has 28 heavy (non-hydrogen) atoms. The van der Waals surface area contributed by atoms with Crippen LogP contribution >= 0.6 is 11.3 Å². The van der Waals surface area contributed by atoms with Crippen molar-refractivity contribution in [3.63, 3.8) is 0 Å². The first-order chi connectivity index (χ1) is 13.6. The van der Waals surface area contributed by atoms with Crippen LogP contribution in [-0.2, 0) is 4.79 Å². The highest BCUT2D eigenvalue weighted by Crippen LogP contribution is 2.34. The number of thiophene rings is 1. The highest BCUT2D eigenvalue weighted by atomic mass is 32.1. The number of aryl methyl sites for hydroxylation is 1. The van der Waals surface area contributed by atoms with Crippen molar-refractivity contribution in [3.8, 4) is 0 Å². The second-order valence-electron chi connectivity index (χ2n) is 6.61. The van der Waals surface area contributed by atoms with Gasteiger partial charge in [0.25, 0.3) is 5.91 Å². The summed E-state index contributed by atoms with van der Waals surface area (Å²) in [5, 5.41) is 10.9. The van der Waals surface area contributed by atoms with E-state index in [1.165, 1.54) is 23.7 Å². The van der Waals surface area contributed by atoms with Crippen molar-refractivity contribution in [2.24, 2.45) is 0 Å². The fourth-order valence-corrected chi connectivity index (χ4v) is 3.78. The maximum atomic E-state index is 12.5. The van der Waals surface area contributed by atoms with Crippen molar-refractivity contribution in [2.45, 2.75) is 25.8 Å². The first-order valence-electron chi connectivity index (χ1n) is 8.90. The summed E-state index contributed by atoms with van der Waals surface area (Å²) < 4.78 is 0.785. The van der Waals surface area contributed by atoms with Crippen LogP contribution in [0.5, 0.6) is 0 Å². The lowest BCUT2D eigenvalue weighted by Gasteiger charge is -2.15. The lowest BCUT2D eigenvalue weighted by molar-refractivity contribution is -0.111. The van der Waals surface area contributed by atoms with E-state index in [-0.39, 0.29) is 17.9 Å². The Morgan fingerprint density at radius 2 is 2.11 bits per heavy atom. The van der Waals surface area contributed by atoms with Crippen LogP contribution in [0.4, 0.5) is 17.2 Å². The number of nitrogens with zero attached hydrogens (tertiary/aromatic N) is 2. The first kappa shape index (κ1) is 18.1. The summed E-state index contributed by atoms with van der Waals surface area (Å²) in [6.07, 6.45) is 4.72. The molecule has 0 aliphatic heterocycles. The molecule has 8 heteroatoms. The Kier molecular flexibility index (Phi) is 4.79. The molecule has 2 heterocycles. The van der Waals surface area contributed by atoms with E-state index in [0.29, 0.717) is 22.6 Å². The molecule has 3 aromatic rings. The molecule has 142 valence electrons. The fraction of sp³-hybridized carbons (Fsp3) is 0.200. The third-order valence-electron chi connectivity index (χ3n) is 4.47. The van der Waals surface area contributed by atoms with E-state index in [1.807, 2.05) is 19.1 Å². The van der Waals surface area contributed by atoms with Gasteiger partial charge >= 0.3 is 0 Å². The van der Waals surface area contributed by atoms with Crippen LogP contribution in [0.25, 0.3) is 10.2 Å². The van der Waals surface area contributed by atoms with Crippen molar-refractivity contribution in [2.75, 3.05) is 10.6 Å². The molecule has 1 aliphatic carbocycles. The second kappa shape index (κ2) is 7.40. The number of para-hydroxylation sites is 1. The van der Waals surface area contributed by atoms with E-state index >= 15 is 0 Å². The third-order valence-corrected chi connectivity index (χ3v) is 5.45. The zero-order valence-corrected chi connectivity index (χ0v) is 16.1. The Bertz CT molecular complexity index is 1090. The molecule has 0 radical (unpaired) electrons. The number of hydrogen-bond acceptors (Lipinski definition) is 6. The lowest BCUT2D eigenvalue weighted by Crippen LogP contribution is -2.25. The molecule has 0 bridgehead atoms. The van der Waals surface area contributed by atoms with Gasteiger partial charge in [-0.3, -0.25) is 9.59 Å². The van der Waals surface area contributed by atoms with E-state index in [2.05, 4.69) is 32.5 Å². The summed E-state index contributed by atoms with van der Waals surface area (Å²) in [6, 6.07) is 5.88. The SMILES string of the molecule is C=CC(=O)Nc1cccc(C)c1Nc1ncnc2c(C(=O)NC3CC3)csc12. The number of amides is 2. The Labute approximate surface area is 165 Å². The van der Waals surface area contributed by atoms with Crippen LogP contribution in [0.2, 0.25) is 0 Å². The van der Waals surface area contributed by atoms with Crippen LogP contribution in [0.1, 0.15) is 28.8 Å². The van der Waals surface area contributed by atoms with Gasteiger partial charge in [0.2, 0.25) is 5.91 Å². The van der Waals surface area contributed by atoms with Crippen LogP contribution in [0.15, 0.2) is 42.6 Å². The van der Waals surface area contributed by atoms with Gasteiger partial charge in [0.05, 0.1) is 27.2 Å². The zero-order chi connectivity index (χ0) is 19.7. The summed E-state index contributed by atoms with van der Waals surface area (Å²) in [5.74, 6) is 0.189. The quantitative estimate of drug-likeness (QED) is 0.554. The topological polar surface area (TPSA) is 96.0 Å². The number of hydrogen-bond donors (Lipinski definition) is 3. The standard InChI is InChI=1S/C20H19N5O2S/c1-3-15(26)24-14-6-4-5-11(2)16(14)25-19-18-17(21-10-22-19)13(9-28-18)20(27)23-12-7-8-12/h3-6,9-10,12H,1,7-8H2,2H3,(H,23,27)(H,24,26)(H,21,22,25). The maximum absolute atomic E-state index is 12.5. The van der Waals surface area contributed by atoms with E-state index in [4.69, 9.17) is 0 Å². The van der Waals surface area contributed by atoms with Crippen LogP contribution in [0, 0.1) is 6.92 Å². The minimum Gasteiger partial charge on any atom is -0.349 e. The maximum Gasteiger partial charge on any atom is 0.254 e. The van der Waals surface area contributed by atoms with Crippen LogP contribution in [0.3, 0.4) is 0 Å². The molecule has 1 saturated carbocycles. The number of carbonyl (C=O) groups excluding carboxylic acids is 2. The van der Waals surface area contributed by atoms with Gasteiger partial charge in [-0.1, -0.05) is 18.7 Å². The highest BCUT2D eigenvalue weighted by molar-refractivity contribution is 7.18. The summed E-state index contributed by atoms with van der Waals surface area (Å²) in [4.78, 5) is 32.9. The third kappa shape index (κ3) is 3.59. The molecule has 4 rings (SSSR count). The van der Waals surface area contributed by atoms with E-state index in [0.717, 1.165) is 28.8 Å². The van der Waals surface area contributed by atoms with Crippen molar-refractivity contribution in [1.82, 2.24) is 15.3 Å². The van der Waals surface area contributed by atoms with E-state index in [1.54, 1.807) is 11.4 Å². The molecule has 3 N–H and O–H groups in total. The number of anilines is 3. The smallest absolute Gasteiger partial charge is 0.254 e. The van der Waals surface area contributed by atoms with Crippen LogP contribution < -0.4 is 16.0 Å². The number of carbonyl (C=O) groups is 2. The number of nitrogens with one attached hydrogen (secondary N) is 3. The number of fused-ring (bicyclic) bond motifs is 1. The highest BCUT2D eigenvalue weighted by Gasteiger charge is 2.26. The van der Waals surface area contributed by atoms with Crippen molar-refractivity contribution in [1.29, 1.82) is 0 Å². The molecule has 1 aromatic carbocycles. The molecular formula is C20H19N5O2S. The predicted octanol–water partition coefficient (Wildman–Crippen LogP) is 3.76. The zero-order valence-electron chi connectivity index (χ0n) is 15.3. The van der Waals surface area contributed by atoms with Crippen molar-refractivity contribution < 1.29 is 9.59 Å². The molecule has 0 unspecified atom stereocenters. The molecule has 0 atom stereocenters. The number of rotatable bonds is 6. The minimum absolute atomic E-state index is 0.103. The Balaban J connectivity index is 1.69. The normalized spacial score (nSPS) is 13.2. The Hall–Kier alpha value is -3.26. The number of aromatic nitrogens is 2. The predicted molar refractivity (Wildman–Crippen MR) is 111 cm³/mol. The number of benzene rings is 1.